The van der Waals surface area contributed by atoms with Crippen LogP contribution in [0.2, 0.25) is 5.02 Å². The first-order valence-electron chi connectivity index (χ1n) is 7.14. The monoisotopic (exact) mass is 362 g/mol. The van der Waals surface area contributed by atoms with Crippen molar-refractivity contribution in [2.75, 3.05) is 12.3 Å². The number of fused-ring (bicyclic) bond motifs is 1. The van der Waals surface area contributed by atoms with Gasteiger partial charge in [-0.25, -0.2) is 4.98 Å². The standard InChI is InChI=1S/C16H15ClN4O2S/c1-2-8-21-15(23)12-9-11(17)4-5-13(12)20-16(21)24-10-14(22)19-7-3-6-18/h2,4-5,9H,1,3,7-8,10H2,(H,19,22). The number of carbonyl (C=O) groups is 1. The molecule has 1 aromatic carbocycles. The largest absolute Gasteiger partial charge is 0.354 e. The Bertz CT molecular complexity index is 873. The number of hydrogen-bond acceptors (Lipinski definition) is 5. The molecule has 0 radical (unpaired) electrons. The molecule has 0 aliphatic rings. The number of allylic oxidation sites excluding steroid dienone is 1. The Balaban J connectivity index is 2.28. The number of rotatable bonds is 7. The minimum atomic E-state index is -0.227. The molecule has 0 fully saturated rings. The first-order chi connectivity index (χ1) is 11.6. The van der Waals surface area contributed by atoms with Gasteiger partial charge in [0.25, 0.3) is 5.56 Å². The Kier molecular flexibility index (Phi) is 6.41. The summed E-state index contributed by atoms with van der Waals surface area (Å²) in [4.78, 5) is 28.8. The number of aromatic nitrogens is 2. The summed E-state index contributed by atoms with van der Waals surface area (Å²) in [5.74, 6) is -0.112. The molecule has 0 unspecified atom stereocenters. The van der Waals surface area contributed by atoms with E-state index in [4.69, 9.17) is 16.9 Å². The average molecular weight is 363 g/mol. The van der Waals surface area contributed by atoms with E-state index in [1.165, 1.54) is 4.57 Å². The highest BCUT2D eigenvalue weighted by Gasteiger charge is 2.13. The Hall–Kier alpha value is -2.30. The van der Waals surface area contributed by atoms with E-state index in [-0.39, 0.29) is 30.2 Å². The molecule has 24 heavy (non-hydrogen) atoms. The summed E-state index contributed by atoms with van der Waals surface area (Å²) in [5.41, 5.74) is 0.298. The summed E-state index contributed by atoms with van der Waals surface area (Å²) < 4.78 is 1.46. The van der Waals surface area contributed by atoms with E-state index in [1.807, 2.05) is 6.07 Å². The molecule has 0 saturated heterocycles. The van der Waals surface area contributed by atoms with Gasteiger partial charge in [-0.1, -0.05) is 29.4 Å². The van der Waals surface area contributed by atoms with Crippen LogP contribution in [0.15, 0.2) is 40.8 Å². The van der Waals surface area contributed by atoms with E-state index in [2.05, 4.69) is 16.9 Å². The molecule has 0 spiro atoms. The van der Waals surface area contributed by atoms with Crippen LogP contribution in [0.5, 0.6) is 0 Å². The van der Waals surface area contributed by atoms with Gasteiger partial charge in [-0.15, -0.1) is 6.58 Å². The number of nitrogens with one attached hydrogen (secondary N) is 1. The van der Waals surface area contributed by atoms with Crippen molar-refractivity contribution in [3.05, 3.63) is 46.2 Å². The topological polar surface area (TPSA) is 87.8 Å². The number of hydrogen-bond donors (Lipinski definition) is 1. The summed E-state index contributed by atoms with van der Waals surface area (Å²) >= 11 is 7.11. The smallest absolute Gasteiger partial charge is 0.262 e. The fourth-order valence-electron chi connectivity index (χ4n) is 2.01. The van der Waals surface area contributed by atoms with Crippen LogP contribution >= 0.6 is 23.4 Å². The van der Waals surface area contributed by atoms with Crippen molar-refractivity contribution in [2.45, 2.75) is 18.1 Å². The zero-order chi connectivity index (χ0) is 17.5. The number of halogens is 1. The van der Waals surface area contributed by atoms with E-state index in [1.54, 1.807) is 24.3 Å². The average Bonchev–Trinajstić information content (AvgIpc) is 2.57. The van der Waals surface area contributed by atoms with E-state index in [9.17, 15) is 9.59 Å². The highest BCUT2D eigenvalue weighted by molar-refractivity contribution is 7.99. The number of carbonyl (C=O) groups excluding carboxylic acids is 1. The molecule has 2 aromatic rings. The number of nitrogens with zero attached hydrogens (tertiary/aromatic N) is 3. The maximum Gasteiger partial charge on any atom is 0.262 e. The van der Waals surface area contributed by atoms with E-state index in [0.29, 0.717) is 27.6 Å². The lowest BCUT2D eigenvalue weighted by Crippen LogP contribution is -2.27. The molecule has 0 aliphatic carbocycles. The first kappa shape index (κ1) is 18.0. The predicted molar refractivity (Wildman–Crippen MR) is 95.2 cm³/mol. The van der Waals surface area contributed by atoms with Crippen molar-refractivity contribution in [3.8, 4) is 6.07 Å². The molecule has 8 heteroatoms. The number of benzene rings is 1. The zero-order valence-corrected chi connectivity index (χ0v) is 14.4. The summed E-state index contributed by atoms with van der Waals surface area (Å²) in [6, 6.07) is 6.87. The summed E-state index contributed by atoms with van der Waals surface area (Å²) in [5, 5.41) is 12.4. The van der Waals surface area contributed by atoms with Crippen LogP contribution in [0.25, 0.3) is 10.9 Å². The van der Waals surface area contributed by atoms with E-state index < -0.39 is 0 Å². The van der Waals surface area contributed by atoms with Gasteiger partial charge >= 0.3 is 0 Å². The summed E-state index contributed by atoms with van der Waals surface area (Å²) in [6.45, 7) is 4.24. The van der Waals surface area contributed by atoms with Crippen LogP contribution in [-0.2, 0) is 11.3 Å². The fraction of sp³-hybridized carbons (Fsp3) is 0.250. The molecule has 6 nitrogen and oxygen atoms in total. The third kappa shape index (κ3) is 4.37. The molecule has 0 saturated carbocycles. The molecule has 0 bridgehead atoms. The fourth-order valence-corrected chi connectivity index (χ4v) is 3.02. The van der Waals surface area contributed by atoms with Crippen LogP contribution in [-0.4, -0.2) is 27.8 Å². The first-order valence-corrected chi connectivity index (χ1v) is 8.50. The molecule has 1 heterocycles. The molecule has 1 N–H and O–H groups in total. The van der Waals surface area contributed by atoms with Crippen molar-refractivity contribution in [1.29, 1.82) is 5.26 Å². The summed E-state index contributed by atoms with van der Waals surface area (Å²) in [6.07, 6.45) is 1.85. The van der Waals surface area contributed by atoms with Gasteiger partial charge in [0.05, 0.1) is 29.1 Å². The number of thioether (sulfide) groups is 1. The molecule has 0 atom stereocenters. The van der Waals surface area contributed by atoms with Gasteiger partial charge in [0.15, 0.2) is 5.16 Å². The van der Waals surface area contributed by atoms with Crippen molar-refractivity contribution < 1.29 is 4.79 Å². The van der Waals surface area contributed by atoms with Crippen molar-refractivity contribution >= 4 is 40.2 Å². The second-order valence-corrected chi connectivity index (χ2v) is 6.19. The lowest BCUT2D eigenvalue weighted by atomic mass is 10.2. The lowest BCUT2D eigenvalue weighted by Gasteiger charge is -2.11. The van der Waals surface area contributed by atoms with Crippen LogP contribution in [0.3, 0.4) is 0 Å². The predicted octanol–water partition coefficient (Wildman–Crippen LogP) is 2.36. The van der Waals surface area contributed by atoms with Crippen LogP contribution in [0.4, 0.5) is 0 Å². The molecular weight excluding hydrogens is 348 g/mol. The molecule has 2 rings (SSSR count). The van der Waals surface area contributed by atoms with Gasteiger partial charge < -0.3 is 5.32 Å². The Labute approximate surface area is 148 Å². The van der Waals surface area contributed by atoms with Gasteiger partial charge in [-0.2, -0.15) is 5.26 Å². The maximum atomic E-state index is 12.6. The molecule has 0 aliphatic heterocycles. The van der Waals surface area contributed by atoms with Crippen molar-refractivity contribution in [2.24, 2.45) is 0 Å². The SMILES string of the molecule is C=CCn1c(SCC(=O)NCCC#N)nc2ccc(Cl)cc2c1=O. The highest BCUT2D eigenvalue weighted by Crippen LogP contribution is 2.20. The Morgan fingerprint density at radius 1 is 1.54 bits per heavy atom. The quantitative estimate of drug-likeness (QED) is 0.353. The zero-order valence-electron chi connectivity index (χ0n) is 12.8. The Morgan fingerprint density at radius 3 is 3.04 bits per heavy atom. The second kappa shape index (κ2) is 8.52. The van der Waals surface area contributed by atoms with Crippen LogP contribution < -0.4 is 10.9 Å². The molecule has 124 valence electrons. The summed E-state index contributed by atoms with van der Waals surface area (Å²) in [7, 11) is 0. The second-order valence-electron chi connectivity index (χ2n) is 4.81. The maximum absolute atomic E-state index is 12.6. The van der Waals surface area contributed by atoms with Gasteiger partial charge in [0.1, 0.15) is 0 Å². The molecule has 1 aromatic heterocycles. The van der Waals surface area contributed by atoms with Gasteiger partial charge in [0.2, 0.25) is 5.91 Å². The van der Waals surface area contributed by atoms with E-state index >= 15 is 0 Å². The molecular formula is C16H15ClN4O2S. The third-order valence-corrected chi connectivity index (χ3v) is 4.30. The van der Waals surface area contributed by atoms with Crippen LogP contribution in [0.1, 0.15) is 6.42 Å². The minimum absolute atomic E-state index is 0.105. The number of nitriles is 1. The lowest BCUT2D eigenvalue weighted by molar-refractivity contribution is -0.118. The van der Waals surface area contributed by atoms with Gasteiger partial charge in [-0.3, -0.25) is 14.2 Å². The van der Waals surface area contributed by atoms with Crippen LogP contribution in [0, 0.1) is 11.3 Å². The minimum Gasteiger partial charge on any atom is -0.354 e. The van der Waals surface area contributed by atoms with Crippen molar-refractivity contribution in [1.82, 2.24) is 14.9 Å². The van der Waals surface area contributed by atoms with Gasteiger partial charge in [-0.05, 0) is 18.2 Å². The van der Waals surface area contributed by atoms with Crippen molar-refractivity contribution in [3.63, 3.8) is 0 Å². The normalized spacial score (nSPS) is 10.3. The third-order valence-electron chi connectivity index (χ3n) is 3.08. The van der Waals surface area contributed by atoms with Gasteiger partial charge in [0, 0.05) is 18.1 Å². The Morgan fingerprint density at radius 2 is 2.33 bits per heavy atom. The molecule has 1 amide bonds. The highest BCUT2D eigenvalue weighted by atomic mass is 35.5. The van der Waals surface area contributed by atoms with E-state index in [0.717, 1.165) is 11.8 Å². The number of amides is 1.